The molecule has 21 heavy (non-hydrogen) atoms. The largest absolute Gasteiger partial charge is 0.350 e. The SMILES string of the molecule is Cn1cccc1/C=N/Nc1ncc(-c2ccc(Br)cc2)s1. The second-order valence-corrected chi connectivity index (χ2v) is 6.40. The van der Waals surface area contributed by atoms with Crippen LogP contribution in [-0.4, -0.2) is 15.8 Å². The summed E-state index contributed by atoms with van der Waals surface area (Å²) >= 11 is 5.01. The lowest BCUT2D eigenvalue weighted by atomic mass is 10.2. The van der Waals surface area contributed by atoms with Gasteiger partial charge in [0.05, 0.1) is 16.8 Å². The Labute approximate surface area is 135 Å². The average molecular weight is 361 g/mol. The van der Waals surface area contributed by atoms with Gasteiger partial charge in [0.15, 0.2) is 0 Å². The van der Waals surface area contributed by atoms with Crippen molar-refractivity contribution in [2.45, 2.75) is 0 Å². The normalized spacial score (nSPS) is 11.1. The van der Waals surface area contributed by atoms with Crippen molar-refractivity contribution in [1.82, 2.24) is 9.55 Å². The van der Waals surface area contributed by atoms with Crippen molar-refractivity contribution in [1.29, 1.82) is 0 Å². The molecule has 6 heteroatoms. The van der Waals surface area contributed by atoms with Gasteiger partial charge in [-0.05, 0) is 29.8 Å². The molecule has 0 unspecified atom stereocenters. The predicted octanol–water partition coefficient (Wildman–Crippen LogP) is 4.36. The minimum absolute atomic E-state index is 0.776. The maximum Gasteiger partial charge on any atom is 0.203 e. The monoisotopic (exact) mass is 360 g/mol. The fraction of sp³-hybridized carbons (Fsp3) is 0.0667. The van der Waals surface area contributed by atoms with Crippen LogP contribution >= 0.6 is 27.3 Å². The maximum atomic E-state index is 4.33. The molecule has 1 aromatic carbocycles. The van der Waals surface area contributed by atoms with E-state index in [1.54, 1.807) is 17.6 Å². The summed E-state index contributed by atoms with van der Waals surface area (Å²) in [6, 6.07) is 12.2. The van der Waals surface area contributed by atoms with Crippen molar-refractivity contribution >= 4 is 38.6 Å². The van der Waals surface area contributed by atoms with Crippen molar-refractivity contribution in [3.05, 3.63) is 59.0 Å². The maximum absolute atomic E-state index is 4.33. The van der Waals surface area contributed by atoms with Gasteiger partial charge in [-0.2, -0.15) is 5.10 Å². The molecule has 0 amide bonds. The highest BCUT2D eigenvalue weighted by atomic mass is 79.9. The summed E-state index contributed by atoms with van der Waals surface area (Å²) in [5, 5.41) is 4.99. The third-order valence-electron chi connectivity index (χ3n) is 2.98. The van der Waals surface area contributed by atoms with Crippen molar-refractivity contribution in [3.63, 3.8) is 0 Å². The van der Waals surface area contributed by atoms with Crippen LogP contribution in [0.1, 0.15) is 5.69 Å². The number of aromatic nitrogens is 2. The number of nitrogens with zero attached hydrogens (tertiary/aromatic N) is 3. The molecule has 0 fully saturated rings. The van der Waals surface area contributed by atoms with Crippen molar-refractivity contribution in [3.8, 4) is 10.4 Å². The molecule has 0 bridgehead atoms. The Kier molecular flexibility index (Phi) is 4.17. The van der Waals surface area contributed by atoms with E-state index in [0.29, 0.717) is 0 Å². The Hall–Kier alpha value is -1.92. The van der Waals surface area contributed by atoms with Crippen LogP contribution < -0.4 is 5.43 Å². The molecule has 0 radical (unpaired) electrons. The van der Waals surface area contributed by atoms with Crippen LogP contribution in [0.3, 0.4) is 0 Å². The number of thiazole rings is 1. The first kappa shape index (κ1) is 14.0. The second-order valence-electron chi connectivity index (χ2n) is 4.45. The molecule has 0 aliphatic rings. The van der Waals surface area contributed by atoms with E-state index in [2.05, 4.69) is 43.6 Å². The van der Waals surface area contributed by atoms with Gasteiger partial charge in [0.25, 0.3) is 0 Å². The van der Waals surface area contributed by atoms with Crippen LogP contribution in [0.4, 0.5) is 5.13 Å². The molecule has 0 saturated heterocycles. The summed E-state index contributed by atoms with van der Waals surface area (Å²) in [7, 11) is 1.98. The van der Waals surface area contributed by atoms with E-state index in [9.17, 15) is 0 Å². The number of rotatable bonds is 4. The van der Waals surface area contributed by atoms with E-state index >= 15 is 0 Å². The first-order valence-electron chi connectivity index (χ1n) is 6.34. The lowest BCUT2D eigenvalue weighted by Crippen LogP contribution is -1.95. The van der Waals surface area contributed by atoms with Gasteiger partial charge in [-0.15, -0.1) is 0 Å². The quantitative estimate of drug-likeness (QED) is 0.554. The molecule has 2 aromatic heterocycles. The Morgan fingerprint density at radius 2 is 2.10 bits per heavy atom. The van der Waals surface area contributed by atoms with E-state index in [-0.39, 0.29) is 0 Å². The number of benzene rings is 1. The van der Waals surface area contributed by atoms with Gasteiger partial charge in [0.1, 0.15) is 0 Å². The molecule has 0 atom stereocenters. The zero-order chi connectivity index (χ0) is 14.7. The number of hydrogen-bond donors (Lipinski definition) is 1. The predicted molar refractivity (Wildman–Crippen MR) is 91.9 cm³/mol. The average Bonchev–Trinajstić information content (AvgIpc) is 3.10. The minimum atomic E-state index is 0.776. The molecule has 4 nitrogen and oxygen atoms in total. The van der Waals surface area contributed by atoms with E-state index in [0.717, 1.165) is 25.7 Å². The van der Waals surface area contributed by atoms with Gasteiger partial charge in [-0.1, -0.05) is 39.4 Å². The molecule has 0 aliphatic heterocycles. The van der Waals surface area contributed by atoms with Gasteiger partial charge in [-0.25, -0.2) is 4.98 Å². The highest BCUT2D eigenvalue weighted by molar-refractivity contribution is 9.10. The molecule has 0 saturated carbocycles. The van der Waals surface area contributed by atoms with Crippen molar-refractivity contribution in [2.24, 2.45) is 12.1 Å². The third-order valence-corrected chi connectivity index (χ3v) is 4.46. The second kappa shape index (κ2) is 6.24. The smallest absolute Gasteiger partial charge is 0.203 e. The highest BCUT2D eigenvalue weighted by Crippen LogP contribution is 2.29. The van der Waals surface area contributed by atoms with E-state index in [4.69, 9.17) is 0 Å². The van der Waals surface area contributed by atoms with Gasteiger partial charge < -0.3 is 4.57 Å². The summed E-state index contributed by atoms with van der Waals surface area (Å²) < 4.78 is 3.07. The third kappa shape index (κ3) is 3.40. The van der Waals surface area contributed by atoms with Crippen LogP contribution in [-0.2, 0) is 7.05 Å². The van der Waals surface area contributed by atoms with E-state index in [1.165, 1.54) is 0 Å². The number of anilines is 1. The first-order chi connectivity index (χ1) is 10.2. The lowest BCUT2D eigenvalue weighted by molar-refractivity contribution is 0.918. The summed E-state index contributed by atoms with van der Waals surface area (Å²) in [6.07, 6.45) is 5.62. The van der Waals surface area contributed by atoms with E-state index in [1.807, 2.05) is 48.3 Å². The van der Waals surface area contributed by atoms with Gasteiger partial charge in [-0.3, -0.25) is 5.43 Å². The first-order valence-corrected chi connectivity index (χ1v) is 7.95. The van der Waals surface area contributed by atoms with Crippen LogP contribution in [0.25, 0.3) is 10.4 Å². The number of nitrogens with one attached hydrogen (secondary N) is 1. The molecule has 0 spiro atoms. The van der Waals surface area contributed by atoms with Crippen molar-refractivity contribution < 1.29 is 0 Å². The summed E-state index contributed by atoms with van der Waals surface area (Å²) in [5.74, 6) is 0. The summed E-state index contributed by atoms with van der Waals surface area (Å²) in [5.41, 5.74) is 5.15. The fourth-order valence-corrected chi connectivity index (χ4v) is 2.87. The van der Waals surface area contributed by atoms with Crippen LogP contribution in [0, 0.1) is 0 Å². The fourth-order valence-electron chi connectivity index (χ4n) is 1.84. The number of hydrazone groups is 1. The molecular weight excluding hydrogens is 348 g/mol. The highest BCUT2D eigenvalue weighted by Gasteiger charge is 2.03. The van der Waals surface area contributed by atoms with Crippen LogP contribution in [0.15, 0.2) is 58.4 Å². The van der Waals surface area contributed by atoms with Crippen molar-refractivity contribution in [2.75, 3.05) is 5.43 Å². The summed E-state index contributed by atoms with van der Waals surface area (Å²) in [6.45, 7) is 0. The standard InChI is InChI=1S/C15H13BrN4S/c1-20-8-2-3-13(20)9-18-19-15-17-10-14(21-15)11-4-6-12(16)7-5-11/h2-10H,1H3,(H,17,19)/b18-9+. The molecule has 3 aromatic rings. The molecule has 2 heterocycles. The Bertz CT molecular complexity index is 758. The molecule has 3 rings (SSSR count). The number of halogens is 1. The zero-order valence-electron chi connectivity index (χ0n) is 11.3. The lowest BCUT2D eigenvalue weighted by Gasteiger charge is -1.97. The molecule has 0 aliphatic carbocycles. The number of hydrogen-bond acceptors (Lipinski definition) is 4. The Morgan fingerprint density at radius 1 is 1.29 bits per heavy atom. The van der Waals surface area contributed by atoms with Crippen LogP contribution in [0.2, 0.25) is 0 Å². The molecule has 1 N–H and O–H groups in total. The van der Waals surface area contributed by atoms with Gasteiger partial charge in [0, 0.05) is 23.9 Å². The Balaban J connectivity index is 1.69. The van der Waals surface area contributed by atoms with Gasteiger partial charge >= 0.3 is 0 Å². The molecule has 106 valence electrons. The summed E-state index contributed by atoms with van der Waals surface area (Å²) in [4.78, 5) is 5.44. The zero-order valence-corrected chi connectivity index (χ0v) is 13.7. The minimum Gasteiger partial charge on any atom is -0.350 e. The number of aryl methyl sites for hydroxylation is 1. The van der Waals surface area contributed by atoms with Crippen LogP contribution in [0.5, 0.6) is 0 Å². The van der Waals surface area contributed by atoms with E-state index < -0.39 is 0 Å². The molecular formula is C15H13BrN4S. The Morgan fingerprint density at radius 3 is 2.81 bits per heavy atom. The topological polar surface area (TPSA) is 42.2 Å². The van der Waals surface area contributed by atoms with Gasteiger partial charge in [0.2, 0.25) is 5.13 Å².